The van der Waals surface area contributed by atoms with E-state index in [1.165, 1.54) is 13.8 Å². The third-order valence-corrected chi connectivity index (χ3v) is 3.96. The van der Waals surface area contributed by atoms with Crippen molar-refractivity contribution in [3.63, 3.8) is 0 Å². The molecule has 1 heterocycles. The van der Waals surface area contributed by atoms with Crippen molar-refractivity contribution in [2.45, 2.75) is 84.4 Å². The summed E-state index contributed by atoms with van der Waals surface area (Å²) in [4.78, 5) is 22.9. The summed E-state index contributed by atoms with van der Waals surface area (Å²) in [7, 11) is 0. The van der Waals surface area contributed by atoms with Crippen molar-refractivity contribution >= 4 is 11.9 Å². The lowest BCUT2D eigenvalue weighted by atomic mass is 9.98. The van der Waals surface area contributed by atoms with Gasteiger partial charge in [-0.05, 0) is 19.8 Å². The Morgan fingerprint density at radius 3 is 2.16 bits per heavy atom. The zero-order valence-electron chi connectivity index (χ0n) is 16.0. The maximum atomic E-state index is 11.5. The highest BCUT2D eigenvalue weighted by Crippen LogP contribution is 2.36. The molecule has 0 aliphatic carbocycles. The molecule has 1 aliphatic heterocycles. The average Bonchev–Trinajstić information content (AvgIpc) is 2.76. The number of hydrogen-bond acceptors (Lipinski definition) is 7. The minimum Gasteiger partial charge on any atom is -0.453 e. The number of rotatable bonds is 11. The third-order valence-electron chi connectivity index (χ3n) is 3.96. The highest BCUT2D eigenvalue weighted by atomic mass is 16.8. The Morgan fingerprint density at radius 2 is 1.60 bits per heavy atom. The molecule has 0 aromatic rings. The summed E-state index contributed by atoms with van der Waals surface area (Å²) in [6.07, 6.45) is 1.41. The van der Waals surface area contributed by atoms with Crippen molar-refractivity contribution in [2.24, 2.45) is 0 Å². The van der Waals surface area contributed by atoms with Crippen LogP contribution in [-0.4, -0.2) is 55.9 Å². The molecule has 0 N–H and O–H groups in total. The van der Waals surface area contributed by atoms with Crippen LogP contribution < -0.4 is 0 Å². The molecule has 146 valence electrons. The normalized spacial score (nSPS) is 28.8. The molecular weight excluding hydrogens is 328 g/mol. The largest absolute Gasteiger partial charge is 0.453 e. The van der Waals surface area contributed by atoms with Gasteiger partial charge in [0.25, 0.3) is 0 Å². The first kappa shape index (κ1) is 21.9. The highest BCUT2D eigenvalue weighted by Gasteiger charge is 2.57. The lowest BCUT2D eigenvalue weighted by molar-refractivity contribution is -0.208. The van der Waals surface area contributed by atoms with Gasteiger partial charge >= 0.3 is 11.9 Å². The second kappa shape index (κ2) is 10.7. The molecule has 1 rings (SSSR count). The van der Waals surface area contributed by atoms with Crippen LogP contribution in [0.4, 0.5) is 0 Å². The zero-order chi connectivity index (χ0) is 18.9. The van der Waals surface area contributed by atoms with Gasteiger partial charge in [0.1, 0.15) is 11.7 Å². The molecule has 0 aromatic carbocycles. The van der Waals surface area contributed by atoms with E-state index in [-0.39, 0.29) is 6.61 Å². The van der Waals surface area contributed by atoms with Gasteiger partial charge in [0.2, 0.25) is 6.29 Å². The summed E-state index contributed by atoms with van der Waals surface area (Å²) in [5.74, 6) is -0.989. The number of ether oxygens (including phenoxy) is 5. The Balaban J connectivity index is 2.91. The maximum absolute atomic E-state index is 11.5. The van der Waals surface area contributed by atoms with Crippen molar-refractivity contribution in [2.75, 3.05) is 19.8 Å². The number of unbranched alkanes of at least 4 members (excludes halogenated alkanes) is 2. The number of esters is 2. The van der Waals surface area contributed by atoms with E-state index < -0.39 is 36.0 Å². The van der Waals surface area contributed by atoms with Crippen LogP contribution in [0.2, 0.25) is 0 Å². The molecule has 25 heavy (non-hydrogen) atoms. The van der Waals surface area contributed by atoms with E-state index >= 15 is 0 Å². The van der Waals surface area contributed by atoms with Crippen molar-refractivity contribution in [3.05, 3.63) is 0 Å². The fourth-order valence-corrected chi connectivity index (χ4v) is 2.72. The third kappa shape index (κ3) is 6.92. The van der Waals surface area contributed by atoms with E-state index in [1.807, 2.05) is 6.92 Å². The van der Waals surface area contributed by atoms with Gasteiger partial charge in [0, 0.05) is 27.1 Å². The standard InChI is InChI=1S/C18H32O7/c1-6-8-10-21-12-18(5)16(22-11-9-7-2)15(23-13(3)19)17(25-18)24-14(4)20/h15-17H,6-12H2,1-5H3/t15?,16?,17-,18-/m1/s1. The van der Waals surface area contributed by atoms with Crippen molar-refractivity contribution < 1.29 is 33.3 Å². The van der Waals surface area contributed by atoms with Crippen molar-refractivity contribution in [1.82, 2.24) is 0 Å². The van der Waals surface area contributed by atoms with Crippen LogP contribution in [0.15, 0.2) is 0 Å². The van der Waals surface area contributed by atoms with Crippen LogP contribution in [0.5, 0.6) is 0 Å². The molecule has 4 atom stereocenters. The molecule has 0 saturated carbocycles. The average molecular weight is 360 g/mol. The molecule has 0 radical (unpaired) electrons. The monoisotopic (exact) mass is 360 g/mol. The highest BCUT2D eigenvalue weighted by molar-refractivity contribution is 5.67. The Bertz CT molecular complexity index is 426. The second-order valence-corrected chi connectivity index (χ2v) is 6.53. The van der Waals surface area contributed by atoms with E-state index in [2.05, 4.69) is 13.8 Å². The van der Waals surface area contributed by atoms with Crippen molar-refractivity contribution in [1.29, 1.82) is 0 Å². The summed E-state index contributed by atoms with van der Waals surface area (Å²) < 4.78 is 28.2. The maximum Gasteiger partial charge on any atom is 0.305 e. The molecule has 1 aliphatic rings. The fraction of sp³-hybridized carbons (Fsp3) is 0.889. The number of hydrogen-bond donors (Lipinski definition) is 0. The van der Waals surface area contributed by atoms with E-state index in [0.717, 1.165) is 25.7 Å². The first-order valence-electron chi connectivity index (χ1n) is 9.05. The van der Waals surface area contributed by atoms with Crippen LogP contribution in [0.25, 0.3) is 0 Å². The lowest BCUT2D eigenvalue weighted by Gasteiger charge is -2.30. The van der Waals surface area contributed by atoms with Crippen LogP contribution in [-0.2, 0) is 33.3 Å². The van der Waals surface area contributed by atoms with Gasteiger partial charge in [-0.1, -0.05) is 26.7 Å². The molecule has 0 bridgehead atoms. The van der Waals surface area contributed by atoms with Crippen LogP contribution in [0.3, 0.4) is 0 Å². The van der Waals surface area contributed by atoms with E-state index in [0.29, 0.717) is 13.2 Å². The van der Waals surface area contributed by atoms with E-state index in [9.17, 15) is 9.59 Å². The van der Waals surface area contributed by atoms with Gasteiger partial charge in [-0.25, -0.2) is 0 Å². The minimum absolute atomic E-state index is 0.263. The van der Waals surface area contributed by atoms with Gasteiger partial charge < -0.3 is 23.7 Å². The van der Waals surface area contributed by atoms with Gasteiger partial charge in [-0.2, -0.15) is 0 Å². The van der Waals surface area contributed by atoms with Gasteiger partial charge in [0.15, 0.2) is 6.10 Å². The summed E-state index contributed by atoms with van der Waals surface area (Å²) in [6, 6.07) is 0. The quantitative estimate of drug-likeness (QED) is 0.414. The molecular formula is C18H32O7. The summed E-state index contributed by atoms with van der Waals surface area (Å²) in [6.45, 7) is 9.94. The zero-order valence-corrected chi connectivity index (χ0v) is 16.0. The Kier molecular flexibility index (Phi) is 9.38. The SMILES string of the molecule is CCCCOC[C@@]1(C)O[C@@H](OC(C)=O)C(OC(C)=O)C1OCCCC. The smallest absolute Gasteiger partial charge is 0.305 e. The number of carbonyl (C=O) groups excluding carboxylic acids is 2. The first-order chi connectivity index (χ1) is 11.8. The molecule has 0 aromatic heterocycles. The molecule has 2 unspecified atom stereocenters. The van der Waals surface area contributed by atoms with Gasteiger partial charge in [-0.3, -0.25) is 9.59 Å². The first-order valence-corrected chi connectivity index (χ1v) is 9.05. The van der Waals surface area contributed by atoms with Crippen molar-refractivity contribution in [3.8, 4) is 0 Å². The van der Waals surface area contributed by atoms with Crippen LogP contribution in [0.1, 0.15) is 60.3 Å². The van der Waals surface area contributed by atoms with Gasteiger partial charge in [0.05, 0.1) is 6.61 Å². The Hall–Kier alpha value is -1.18. The molecule has 1 fully saturated rings. The summed E-state index contributed by atoms with van der Waals surface area (Å²) >= 11 is 0. The minimum atomic E-state index is -1.01. The lowest BCUT2D eigenvalue weighted by Crippen LogP contribution is -2.47. The predicted octanol–water partition coefficient (Wildman–Crippen LogP) is 2.60. The van der Waals surface area contributed by atoms with Crippen LogP contribution >= 0.6 is 0 Å². The fourth-order valence-electron chi connectivity index (χ4n) is 2.72. The molecule has 7 heteroatoms. The molecule has 1 saturated heterocycles. The summed E-state index contributed by atoms with van der Waals surface area (Å²) in [5, 5.41) is 0. The van der Waals surface area contributed by atoms with E-state index in [1.54, 1.807) is 0 Å². The molecule has 0 amide bonds. The van der Waals surface area contributed by atoms with Gasteiger partial charge in [-0.15, -0.1) is 0 Å². The predicted molar refractivity (Wildman–Crippen MR) is 91.0 cm³/mol. The summed E-state index contributed by atoms with van der Waals surface area (Å²) in [5.41, 5.74) is -0.873. The Labute approximate surface area is 150 Å². The number of carbonyl (C=O) groups is 2. The van der Waals surface area contributed by atoms with Crippen LogP contribution in [0, 0.1) is 0 Å². The molecule has 7 nitrogen and oxygen atoms in total. The molecule has 0 spiro atoms. The van der Waals surface area contributed by atoms with E-state index in [4.69, 9.17) is 23.7 Å². The topological polar surface area (TPSA) is 80.3 Å². The second-order valence-electron chi connectivity index (χ2n) is 6.53. The Morgan fingerprint density at radius 1 is 1.00 bits per heavy atom.